The molecule has 0 saturated heterocycles. The van der Waals surface area contributed by atoms with E-state index in [4.69, 9.17) is 34.9 Å². The van der Waals surface area contributed by atoms with Gasteiger partial charge >= 0.3 is 5.69 Å². The largest absolute Gasteiger partial charge is 0.493 e. The number of fused-ring (bicyclic) bond motifs is 1. The van der Waals surface area contributed by atoms with Crippen molar-refractivity contribution in [2.24, 2.45) is 5.73 Å². The van der Waals surface area contributed by atoms with Crippen molar-refractivity contribution in [3.05, 3.63) is 99.7 Å². The van der Waals surface area contributed by atoms with Crippen molar-refractivity contribution < 1.29 is 23.8 Å². The second kappa shape index (κ2) is 12.7. The van der Waals surface area contributed by atoms with Gasteiger partial charge in [0.15, 0.2) is 11.3 Å². The molecule has 2 aromatic carbocycles. The van der Waals surface area contributed by atoms with Gasteiger partial charge in [0.1, 0.15) is 24.0 Å². The Balaban J connectivity index is 0.000000909. The molecule has 3 heterocycles. The molecule has 5 rings (SSSR count). The van der Waals surface area contributed by atoms with Crippen molar-refractivity contribution in [3.8, 4) is 11.7 Å². The number of H-pyrrole nitrogens is 1. The van der Waals surface area contributed by atoms with E-state index in [1.54, 1.807) is 44.8 Å². The zero-order valence-electron chi connectivity index (χ0n) is 22.6. The van der Waals surface area contributed by atoms with Crippen molar-refractivity contribution in [2.45, 2.75) is 25.9 Å². The molecule has 212 valence electrons. The number of aliphatic carboxylic acids is 1. The number of furan rings is 1. The first-order chi connectivity index (χ1) is 19.7. The number of aromatic amines is 1. The summed E-state index contributed by atoms with van der Waals surface area (Å²) >= 11 is 0. The Labute approximate surface area is 234 Å². The minimum Gasteiger partial charge on any atom is -0.493 e. The first-order valence-electron chi connectivity index (χ1n) is 12.4. The molecule has 0 amide bonds. The predicted octanol–water partition coefficient (Wildman–Crippen LogP) is 3.00. The number of carbonyl (C=O) groups is 1. The fourth-order valence-corrected chi connectivity index (χ4v) is 4.22. The van der Waals surface area contributed by atoms with Crippen LogP contribution in [0.25, 0.3) is 16.9 Å². The van der Waals surface area contributed by atoms with E-state index in [9.17, 15) is 4.79 Å². The van der Waals surface area contributed by atoms with Crippen LogP contribution in [0.2, 0.25) is 0 Å². The minimum absolute atomic E-state index is 0.00366. The molecule has 1 atom stereocenters. The van der Waals surface area contributed by atoms with Gasteiger partial charge in [-0.05, 0) is 41.8 Å². The molecular formula is C28H29N7O6. The number of nitrogens with one attached hydrogen (secondary N) is 2. The number of rotatable bonds is 9. The predicted molar refractivity (Wildman–Crippen MR) is 150 cm³/mol. The molecule has 0 bridgehead atoms. The van der Waals surface area contributed by atoms with Gasteiger partial charge in [-0.1, -0.05) is 24.3 Å². The summed E-state index contributed by atoms with van der Waals surface area (Å²) < 4.78 is 17.9. The van der Waals surface area contributed by atoms with Crippen LogP contribution in [0.15, 0.2) is 70.1 Å². The Hall–Kier alpha value is -5.30. The molecule has 41 heavy (non-hydrogen) atoms. The monoisotopic (exact) mass is 559 g/mol. The van der Waals surface area contributed by atoms with Crippen LogP contribution in [0.3, 0.4) is 0 Å². The van der Waals surface area contributed by atoms with E-state index in [2.05, 4.69) is 20.1 Å². The second-order valence-electron chi connectivity index (χ2n) is 8.95. The molecule has 3 aromatic heterocycles. The normalized spacial score (nSPS) is 11.5. The Morgan fingerprint density at radius 3 is 2.46 bits per heavy atom. The topological polar surface area (TPSA) is 195 Å². The molecule has 1 unspecified atom stereocenters. The molecule has 0 saturated carbocycles. The number of nitrogens with two attached hydrogens (primary N) is 1. The third kappa shape index (κ3) is 6.83. The lowest BCUT2D eigenvalue weighted by Gasteiger charge is -2.16. The van der Waals surface area contributed by atoms with Crippen LogP contribution < -0.4 is 16.2 Å². The summed E-state index contributed by atoms with van der Waals surface area (Å²) in [7, 11) is 3.18. The quantitative estimate of drug-likeness (QED) is 0.154. The molecule has 0 radical (unpaired) electrons. The number of hydrogen-bond donors (Lipinski definition) is 4. The van der Waals surface area contributed by atoms with Gasteiger partial charge in [-0.2, -0.15) is 0 Å². The van der Waals surface area contributed by atoms with E-state index in [1.165, 1.54) is 0 Å². The van der Waals surface area contributed by atoms with Crippen molar-refractivity contribution in [1.29, 1.82) is 5.41 Å². The maximum absolute atomic E-state index is 12.8. The fraction of sp³-hybridized carbons (Fsp3) is 0.214. The molecule has 13 heteroatoms. The number of hydrogen-bond acceptors (Lipinski definition) is 9. The van der Waals surface area contributed by atoms with Crippen LogP contribution in [0, 0.1) is 5.41 Å². The van der Waals surface area contributed by atoms with Gasteiger partial charge in [0.2, 0.25) is 0 Å². The number of methoxy groups -OCH3 is 2. The van der Waals surface area contributed by atoms with Crippen molar-refractivity contribution >= 4 is 22.8 Å². The summed E-state index contributed by atoms with van der Waals surface area (Å²) in [4.78, 5) is 33.0. The van der Waals surface area contributed by atoms with Crippen LogP contribution in [-0.4, -0.2) is 55.9 Å². The van der Waals surface area contributed by atoms with Gasteiger partial charge in [-0.25, -0.2) is 14.8 Å². The molecule has 13 nitrogen and oxygen atoms in total. The number of ether oxygens (including phenoxy) is 2. The Morgan fingerprint density at radius 1 is 1.17 bits per heavy atom. The van der Waals surface area contributed by atoms with Gasteiger partial charge in [0.05, 0.1) is 7.11 Å². The number of benzene rings is 2. The number of aromatic nitrogens is 5. The molecule has 0 fully saturated rings. The number of carboxylic acids is 1. The van der Waals surface area contributed by atoms with Crippen molar-refractivity contribution in [3.63, 3.8) is 0 Å². The van der Waals surface area contributed by atoms with E-state index in [0.29, 0.717) is 41.5 Å². The van der Waals surface area contributed by atoms with Crippen LogP contribution in [0.4, 0.5) is 0 Å². The second-order valence-corrected chi connectivity index (χ2v) is 8.95. The van der Waals surface area contributed by atoms with Crippen LogP contribution in [0.5, 0.6) is 5.75 Å². The summed E-state index contributed by atoms with van der Waals surface area (Å²) in [6.07, 6.45) is 3.59. The van der Waals surface area contributed by atoms with Gasteiger partial charge in [-0.3, -0.25) is 15.2 Å². The summed E-state index contributed by atoms with van der Waals surface area (Å²) in [5.74, 6) is 0.640. The number of nitrogen functional groups attached to an aromatic ring is 1. The molecule has 5 N–H and O–H groups in total. The van der Waals surface area contributed by atoms with E-state index in [-0.39, 0.29) is 17.7 Å². The summed E-state index contributed by atoms with van der Waals surface area (Å²) in [6.45, 7) is 1.41. The van der Waals surface area contributed by atoms with Gasteiger partial charge in [-0.15, -0.1) is 9.78 Å². The number of nitrogens with zero attached hydrogens (tertiary/aromatic N) is 4. The third-order valence-corrected chi connectivity index (χ3v) is 5.98. The van der Waals surface area contributed by atoms with Gasteiger partial charge in [0.25, 0.3) is 11.9 Å². The maximum atomic E-state index is 12.8. The average Bonchev–Trinajstić information content (AvgIpc) is 3.54. The standard InChI is InChI=1S/C26H25N7O4.C2H4O2/c1-35-14-19-12-18-11-17(13-21(36-2)22(18)37-19)20(10-15-4-6-16(7-5-15)23(27)28)24-31-26(34)33(32-24)25-29-8-3-9-30-25;1-2(3)4/h3-9,11-13,20H,10,14H2,1-2H3,(H3,27,28)(H,31,32,34);1H3,(H,3,4). The summed E-state index contributed by atoms with van der Waals surface area (Å²) in [5, 5.41) is 20.5. The summed E-state index contributed by atoms with van der Waals surface area (Å²) in [5.41, 5.74) is 8.24. The van der Waals surface area contributed by atoms with E-state index in [1.807, 2.05) is 30.3 Å². The van der Waals surface area contributed by atoms with Crippen molar-refractivity contribution in [1.82, 2.24) is 24.7 Å². The third-order valence-electron chi connectivity index (χ3n) is 5.98. The highest BCUT2D eigenvalue weighted by Crippen LogP contribution is 2.36. The van der Waals surface area contributed by atoms with E-state index < -0.39 is 11.7 Å². The molecule has 5 aromatic rings. The van der Waals surface area contributed by atoms with Crippen LogP contribution in [0.1, 0.15) is 41.1 Å². The average molecular weight is 560 g/mol. The highest BCUT2D eigenvalue weighted by molar-refractivity contribution is 5.94. The highest BCUT2D eigenvalue weighted by Gasteiger charge is 2.24. The van der Waals surface area contributed by atoms with E-state index >= 15 is 0 Å². The Morgan fingerprint density at radius 2 is 1.85 bits per heavy atom. The Bertz CT molecular complexity index is 1700. The van der Waals surface area contributed by atoms with E-state index in [0.717, 1.165) is 28.1 Å². The zero-order valence-corrected chi connectivity index (χ0v) is 22.6. The lowest BCUT2D eigenvalue weighted by atomic mass is 9.90. The molecular weight excluding hydrogens is 530 g/mol. The Kier molecular flexibility index (Phi) is 8.89. The lowest BCUT2D eigenvalue weighted by molar-refractivity contribution is -0.134. The number of amidine groups is 1. The molecule has 0 aliphatic rings. The SMILES string of the molecule is CC(=O)O.COCc1cc2cc(C(Cc3ccc(C(=N)N)cc3)c3nn(-c4ncccn4)c(=O)[nH]3)cc(OC)c2o1. The van der Waals surface area contributed by atoms with Crippen molar-refractivity contribution in [2.75, 3.05) is 14.2 Å². The van der Waals surface area contributed by atoms with Crippen LogP contribution in [-0.2, 0) is 22.6 Å². The molecule has 0 spiro atoms. The highest BCUT2D eigenvalue weighted by atomic mass is 16.5. The fourth-order valence-electron chi connectivity index (χ4n) is 4.22. The van der Waals surface area contributed by atoms with Gasteiger partial charge < -0.3 is 24.7 Å². The maximum Gasteiger partial charge on any atom is 0.350 e. The first-order valence-corrected chi connectivity index (χ1v) is 12.4. The minimum atomic E-state index is -0.833. The first kappa shape index (κ1) is 28.7. The summed E-state index contributed by atoms with van der Waals surface area (Å²) in [6, 6.07) is 14.9. The van der Waals surface area contributed by atoms with Gasteiger partial charge in [0, 0.05) is 43.3 Å². The van der Waals surface area contributed by atoms with Crippen LogP contribution >= 0.6 is 0 Å². The molecule has 0 aliphatic carbocycles. The zero-order chi connectivity index (χ0) is 29.5. The molecule has 0 aliphatic heterocycles. The smallest absolute Gasteiger partial charge is 0.350 e. The number of carboxylic acid groups (broad SMARTS) is 1. The lowest BCUT2D eigenvalue weighted by Crippen LogP contribution is -2.18.